The molecule has 0 amide bonds. The van der Waals surface area contributed by atoms with E-state index in [1.807, 2.05) is 0 Å². The largest absolute Gasteiger partial charge is 0.389 e. The van der Waals surface area contributed by atoms with Crippen LogP contribution in [0.3, 0.4) is 0 Å². The number of aromatic nitrogens is 3. The number of anilines is 1. The van der Waals surface area contributed by atoms with Gasteiger partial charge >= 0.3 is 6.18 Å². The topological polar surface area (TPSA) is 110 Å². The Morgan fingerprint density at radius 3 is 2.69 bits per heavy atom. The molecule has 13 heteroatoms. The van der Waals surface area contributed by atoms with Gasteiger partial charge in [-0.1, -0.05) is 30.5 Å². The van der Waals surface area contributed by atoms with Gasteiger partial charge in [-0.2, -0.15) is 29.9 Å². The number of sulfonamides is 1. The number of thioether (sulfide) groups is 1. The maximum Gasteiger partial charge on any atom is 0.389 e. The van der Waals surface area contributed by atoms with Crippen LogP contribution in [-0.4, -0.2) is 47.8 Å². The highest BCUT2D eigenvalue weighted by Crippen LogP contribution is 2.31. The van der Waals surface area contributed by atoms with Crippen molar-refractivity contribution in [1.29, 1.82) is 0 Å². The highest BCUT2D eigenvalue weighted by atomic mass is 32.2. The van der Waals surface area contributed by atoms with Crippen LogP contribution < -0.4 is 10.0 Å². The lowest BCUT2D eigenvalue weighted by Crippen LogP contribution is -2.26. The van der Waals surface area contributed by atoms with E-state index in [1.54, 1.807) is 18.3 Å². The molecule has 4 rings (SSSR count). The van der Waals surface area contributed by atoms with Crippen LogP contribution in [0.15, 0.2) is 39.9 Å². The average Bonchev–Trinajstić information content (AvgIpc) is 3.33. The summed E-state index contributed by atoms with van der Waals surface area (Å²) in [6.45, 7) is 0.276. The van der Waals surface area contributed by atoms with Gasteiger partial charge in [0.25, 0.3) is 0 Å². The van der Waals surface area contributed by atoms with Crippen LogP contribution in [0, 0.1) is 0 Å². The van der Waals surface area contributed by atoms with E-state index in [4.69, 9.17) is 4.52 Å². The molecule has 36 heavy (non-hydrogen) atoms. The van der Waals surface area contributed by atoms with Gasteiger partial charge in [0.15, 0.2) is 5.82 Å². The summed E-state index contributed by atoms with van der Waals surface area (Å²) in [5, 5.41) is 8.69. The minimum atomic E-state index is -4.21. The van der Waals surface area contributed by atoms with Gasteiger partial charge in [0.2, 0.25) is 15.9 Å². The van der Waals surface area contributed by atoms with Crippen LogP contribution in [0.2, 0.25) is 0 Å². The summed E-state index contributed by atoms with van der Waals surface area (Å²) in [6.07, 6.45) is 2.22. The van der Waals surface area contributed by atoms with Gasteiger partial charge in [-0.05, 0) is 36.4 Å². The van der Waals surface area contributed by atoms with E-state index in [0.717, 1.165) is 35.8 Å². The Balaban J connectivity index is 1.38. The number of nitrogens with one attached hydrogen (secondary N) is 2. The summed E-state index contributed by atoms with van der Waals surface area (Å²) >= 11 is 1.05. The monoisotopic (exact) mass is 543 g/mol. The maximum absolute atomic E-state index is 12.7. The van der Waals surface area contributed by atoms with Crippen molar-refractivity contribution in [3.8, 4) is 0 Å². The van der Waals surface area contributed by atoms with Gasteiger partial charge in [-0.25, -0.2) is 18.1 Å². The standard InChI is InChI=1S/C23H28F3N5O3S2/c24-23(25,26)9-12-35-13-11-29-36(32,33)18-7-6-16-8-10-27-22(19(16)14-18)28-15-20-30-21(31-34-20)17-4-2-1-3-5-17/h6-8,10,14,17,29H,1-5,9,11-13,15H2,(H,27,28). The van der Waals surface area contributed by atoms with Crippen LogP contribution in [0.4, 0.5) is 19.0 Å². The second-order valence-electron chi connectivity index (χ2n) is 8.65. The number of hydrogen-bond donors (Lipinski definition) is 2. The van der Waals surface area contributed by atoms with Gasteiger partial charge in [-0.3, -0.25) is 0 Å². The fourth-order valence-corrected chi connectivity index (χ4v) is 6.12. The molecule has 2 aromatic heterocycles. The van der Waals surface area contributed by atoms with E-state index in [9.17, 15) is 21.6 Å². The second kappa shape index (κ2) is 11.8. The van der Waals surface area contributed by atoms with Crippen LogP contribution in [0.1, 0.15) is 56.2 Å². The van der Waals surface area contributed by atoms with Crippen LogP contribution in [0.5, 0.6) is 0 Å². The van der Waals surface area contributed by atoms with Crippen molar-refractivity contribution in [2.24, 2.45) is 0 Å². The first kappa shape index (κ1) is 26.7. The van der Waals surface area contributed by atoms with Gasteiger partial charge in [0, 0.05) is 35.6 Å². The van der Waals surface area contributed by atoms with E-state index >= 15 is 0 Å². The second-order valence-corrected chi connectivity index (χ2v) is 11.6. The van der Waals surface area contributed by atoms with Crippen molar-refractivity contribution in [2.45, 2.75) is 62.1 Å². The third-order valence-corrected chi connectivity index (χ3v) is 8.42. The van der Waals surface area contributed by atoms with Crippen molar-refractivity contribution in [3.05, 3.63) is 42.2 Å². The zero-order chi connectivity index (χ0) is 25.6. The Bertz CT molecular complexity index is 1260. The average molecular weight is 544 g/mol. The van der Waals surface area contributed by atoms with E-state index in [1.165, 1.54) is 31.4 Å². The molecular weight excluding hydrogens is 515 g/mol. The first-order valence-electron chi connectivity index (χ1n) is 11.8. The molecule has 2 N–H and O–H groups in total. The van der Waals surface area contributed by atoms with Gasteiger partial charge in [0.05, 0.1) is 17.9 Å². The van der Waals surface area contributed by atoms with Gasteiger partial charge in [-0.15, -0.1) is 0 Å². The molecule has 1 aromatic carbocycles. The highest BCUT2D eigenvalue weighted by Gasteiger charge is 2.26. The molecule has 2 heterocycles. The summed E-state index contributed by atoms with van der Waals surface area (Å²) in [4.78, 5) is 8.91. The lowest BCUT2D eigenvalue weighted by molar-refractivity contribution is -0.129. The Morgan fingerprint density at radius 2 is 1.92 bits per heavy atom. The summed E-state index contributed by atoms with van der Waals surface area (Å²) in [5.74, 6) is 2.10. The van der Waals surface area contributed by atoms with Gasteiger partial charge in [0.1, 0.15) is 5.82 Å². The summed E-state index contributed by atoms with van der Waals surface area (Å²) in [7, 11) is -3.84. The number of alkyl halides is 3. The molecule has 1 aliphatic rings. The van der Waals surface area contributed by atoms with E-state index in [-0.39, 0.29) is 29.5 Å². The zero-order valence-corrected chi connectivity index (χ0v) is 21.2. The molecular formula is C23H28F3N5O3S2. The van der Waals surface area contributed by atoms with Crippen molar-refractivity contribution in [3.63, 3.8) is 0 Å². The van der Waals surface area contributed by atoms with Crippen LogP contribution in [0.25, 0.3) is 10.8 Å². The third kappa shape index (κ3) is 7.32. The van der Waals surface area contributed by atoms with E-state index < -0.39 is 22.6 Å². The third-order valence-electron chi connectivity index (χ3n) is 5.98. The number of hydrogen-bond acceptors (Lipinski definition) is 8. The molecule has 1 fully saturated rings. The van der Waals surface area contributed by atoms with Crippen molar-refractivity contribution < 1.29 is 26.1 Å². The lowest BCUT2D eigenvalue weighted by atomic mass is 9.89. The Hall–Kier alpha value is -2.38. The van der Waals surface area contributed by atoms with E-state index in [0.29, 0.717) is 23.0 Å². The molecule has 0 spiro atoms. The van der Waals surface area contributed by atoms with Crippen molar-refractivity contribution in [2.75, 3.05) is 23.4 Å². The molecule has 3 aromatic rings. The first-order chi connectivity index (χ1) is 17.2. The SMILES string of the molecule is O=S(=O)(NCCSCCC(F)(F)F)c1ccc2ccnc(NCc3nc(C4CCCCC4)no3)c2c1. The first-order valence-corrected chi connectivity index (χ1v) is 14.4. The summed E-state index contributed by atoms with van der Waals surface area (Å²) in [5.41, 5.74) is 0. The lowest BCUT2D eigenvalue weighted by Gasteiger charge is -2.17. The van der Waals surface area contributed by atoms with Crippen LogP contribution in [-0.2, 0) is 16.6 Å². The normalized spacial score (nSPS) is 15.4. The molecule has 1 aliphatic carbocycles. The number of halogens is 3. The molecule has 8 nitrogen and oxygen atoms in total. The van der Waals surface area contributed by atoms with Crippen molar-refractivity contribution >= 4 is 38.4 Å². The number of rotatable bonds is 11. The molecule has 1 saturated carbocycles. The number of fused-ring (bicyclic) bond motifs is 1. The summed E-state index contributed by atoms with van der Waals surface area (Å²) in [6, 6.07) is 6.46. The van der Waals surface area contributed by atoms with E-state index in [2.05, 4.69) is 25.2 Å². The number of pyridine rings is 1. The predicted molar refractivity (Wildman–Crippen MR) is 132 cm³/mol. The quantitative estimate of drug-likeness (QED) is 0.316. The Labute approximate surface area is 211 Å². The maximum atomic E-state index is 12.7. The molecule has 196 valence electrons. The Kier molecular flexibility index (Phi) is 8.73. The smallest absolute Gasteiger partial charge is 0.360 e. The fraction of sp³-hybridized carbons (Fsp3) is 0.522. The van der Waals surface area contributed by atoms with Crippen molar-refractivity contribution in [1.82, 2.24) is 19.8 Å². The number of nitrogens with zero attached hydrogens (tertiary/aromatic N) is 3. The number of benzene rings is 1. The highest BCUT2D eigenvalue weighted by molar-refractivity contribution is 7.99. The summed E-state index contributed by atoms with van der Waals surface area (Å²) < 4.78 is 70.0. The molecule has 0 aliphatic heterocycles. The molecule has 0 atom stereocenters. The molecule has 0 bridgehead atoms. The molecule has 0 unspecified atom stereocenters. The molecule has 0 radical (unpaired) electrons. The molecule has 0 saturated heterocycles. The van der Waals surface area contributed by atoms with Gasteiger partial charge < -0.3 is 9.84 Å². The minimum Gasteiger partial charge on any atom is -0.360 e. The fourth-order valence-electron chi connectivity index (χ4n) is 4.10. The Morgan fingerprint density at radius 1 is 1.11 bits per heavy atom. The van der Waals surface area contributed by atoms with Crippen LogP contribution >= 0.6 is 11.8 Å². The zero-order valence-electron chi connectivity index (χ0n) is 19.6. The minimum absolute atomic E-state index is 0.0293. The predicted octanol–water partition coefficient (Wildman–Crippen LogP) is 5.24.